The number of aryl methyl sites for hydroxylation is 3. The van der Waals surface area contributed by atoms with E-state index in [0.29, 0.717) is 18.8 Å². The van der Waals surface area contributed by atoms with Gasteiger partial charge in [-0.25, -0.2) is 8.42 Å². The van der Waals surface area contributed by atoms with Crippen molar-refractivity contribution in [3.63, 3.8) is 0 Å². The predicted octanol–water partition coefficient (Wildman–Crippen LogP) is 2.96. The zero-order valence-electron chi connectivity index (χ0n) is 17.9. The highest BCUT2D eigenvalue weighted by atomic mass is 32.2. The monoisotopic (exact) mass is 438 g/mol. The van der Waals surface area contributed by atoms with Gasteiger partial charge in [0.1, 0.15) is 11.6 Å². The molecule has 1 heterocycles. The Labute approximate surface area is 183 Å². The topological polar surface area (TPSA) is 93.5 Å². The Kier molecular flexibility index (Phi) is 6.78. The van der Waals surface area contributed by atoms with Gasteiger partial charge in [0, 0.05) is 38.1 Å². The van der Waals surface area contributed by atoms with Gasteiger partial charge < -0.3 is 10.2 Å². The van der Waals surface area contributed by atoms with E-state index in [0.717, 1.165) is 16.7 Å². The molecule has 7 nitrogen and oxygen atoms in total. The Bertz CT molecular complexity index is 1120. The van der Waals surface area contributed by atoms with Crippen molar-refractivity contribution in [1.29, 1.82) is 5.26 Å². The maximum Gasteiger partial charge on any atom is 0.267 e. The Hall–Kier alpha value is -3.15. The molecule has 1 fully saturated rings. The minimum atomic E-state index is -3.55. The fourth-order valence-corrected chi connectivity index (χ4v) is 5.14. The van der Waals surface area contributed by atoms with Crippen LogP contribution in [0.25, 0.3) is 0 Å². The zero-order chi connectivity index (χ0) is 22.6. The molecule has 0 bridgehead atoms. The van der Waals surface area contributed by atoms with E-state index in [9.17, 15) is 18.5 Å². The van der Waals surface area contributed by atoms with Crippen LogP contribution >= 0.6 is 0 Å². The molecule has 0 spiro atoms. The second kappa shape index (κ2) is 9.33. The molecule has 2 aromatic carbocycles. The molecule has 1 N–H and O–H groups in total. The standard InChI is InChI=1S/C23H26N4O3S/c1-17-13-18(2)22(19(3)14-17)25-23(28)20(15-24)16-26-9-11-27(12-10-26)31(29,30)21-7-5-4-6-8-21/h4-8,13-14,16H,9-12H2,1-3H3,(H,25,28)/b20-16-. The fraction of sp³-hybridized carbons (Fsp3) is 0.304. The molecule has 162 valence electrons. The average molecular weight is 439 g/mol. The Morgan fingerprint density at radius 2 is 1.61 bits per heavy atom. The van der Waals surface area contributed by atoms with Gasteiger partial charge >= 0.3 is 0 Å². The van der Waals surface area contributed by atoms with Crippen molar-refractivity contribution in [2.24, 2.45) is 0 Å². The Balaban J connectivity index is 1.68. The summed E-state index contributed by atoms with van der Waals surface area (Å²) in [5, 5.41) is 12.3. The molecule has 0 unspecified atom stereocenters. The minimum absolute atomic E-state index is 0.0151. The maximum absolute atomic E-state index is 12.7. The average Bonchev–Trinajstić information content (AvgIpc) is 2.75. The van der Waals surface area contributed by atoms with Crippen LogP contribution in [0.4, 0.5) is 5.69 Å². The van der Waals surface area contributed by atoms with Crippen molar-refractivity contribution in [1.82, 2.24) is 9.21 Å². The molecule has 0 atom stereocenters. The van der Waals surface area contributed by atoms with Crippen LogP contribution in [-0.4, -0.2) is 49.7 Å². The maximum atomic E-state index is 12.7. The van der Waals surface area contributed by atoms with E-state index in [2.05, 4.69) is 5.32 Å². The molecule has 0 aromatic heterocycles. The highest BCUT2D eigenvalue weighted by Gasteiger charge is 2.28. The lowest BCUT2D eigenvalue weighted by atomic mass is 10.0. The highest BCUT2D eigenvalue weighted by Crippen LogP contribution is 2.23. The zero-order valence-corrected chi connectivity index (χ0v) is 18.7. The number of nitrogens with one attached hydrogen (secondary N) is 1. The lowest BCUT2D eigenvalue weighted by molar-refractivity contribution is -0.112. The summed E-state index contributed by atoms with van der Waals surface area (Å²) in [6.45, 7) is 7.17. The van der Waals surface area contributed by atoms with Crippen LogP contribution in [0.15, 0.2) is 59.1 Å². The number of rotatable bonds is 5. The van der Waals surface area contributed by atoms with Gasteiger partial charge in [0.25, 0.3) is 5.91 Å². The summed E-state index contributed by atoms with van der Waals surface area (Å²) < 4.78 is 26.9. The normalized spacial score (nSPS) is 15.4. The molecule has 0 radical (unpaired) electrons. The van der Waals surface area contributed by atoms with Gasteiger partial charge in [-0.2, -0.15) is 9.57 Å². The third kappa shape index (κ3) is 5.13. The number of hydrogen-bond acceptors (Lipinski definition) is 5. The molecule has 1 aliphatic heterocycles. The lowest BCUT2D eigenvalue weighted by Crippen LogP contribution is -2.46. The summed E-state index contributed by atoms with van der Waals surface area (Å²) in [5.74, 6) is -0.475. The first-order valence-corrected chi connectivity index (χ1v) is 11.5. The summed E-state index contributed by atoms with van der Waals surface area (Å²) in [4.78, 5) is 14.8. The molecular formula is C23H26N4O3S. The fourth-order valence-electron chi connectivity index (χ4n) is 3.69. The van der Waals surface area contributed by atoms with Crippen molar-refractivity contribution >= 4 is 21.6 Å². The molecule has 1 amide bonds. The minimum Gasteiger partial charge on any atom is -0.373 e. The molecule has 31 heavy (non-hydrogen) atoms. The van der Waals surface area contributed by atoms with Crippen LogP contribution in [0.1, 0.15) is 16.7 Å². The van der Waals surface area contributed by atoms with Gasteiger partial charge in [-0.1, -0.05) is 35.9 Å². The van der Waals surface area contributed by atoms with Crippen molar-refractivity contribution in [2.75, 3.05) is 31.5 Å². The Morgan fingerprint density at radius 1 is 1.03 bits per heavy atom. The van der Waals surface area contributed by atoms with Crippen LogP contribution in [0.2, 0.25) is 0 Å². The van der Waals surface area contributed by atoms with E-state index in [1.165, 1.54) is 10.5 Å². The summed E-state index contributed by atoms with van der Waals surface area (Å²) in [7, 11) is -3.55. The number of hydrogen-bond donors (Lipinski definition) is 1. The first-order valence-electron chi connectivity index (χ1n) is 10.0. The molecule has 3 rings (SSSR count). The number of carbonyl (C=O) groups excluding carboxylic acids is 1. The van der Waals surface area contributed by atoms with E-state index in [1.807, 2.05) is 43.9 Å². The number of piperazine rings is 1. The van der Waals surface area contributed by atoms with Crippen LogP contribution < -0.4 is 5.32 Å². The number of nitriles is 1. The largest absolute Gasteiger partial charge is 0.373 e. The Morgan fingerprint density at radius 3 is 2.16 bits per heavy atom. The van der Waals surface area contributed by atoms with Gasteiger partial charge in [0.05, 0.1) is 4.90 Å². The SMILES string of the molecule is Cc1cc(C)c(NC(=O)/C(C#N)=C\N2CCN(S(=O)(=O)c3ccccc3)CC2)c(C)c1. The van der Waals surface area contributed by atoms with E-state index in [4.69, 9.17) is 0 Å². The molecule has 0 aliphatic carbocycles. The van der Waals surface area contributed by atoms with Crippen LogP contribution in [-0.2, 0) is 14.8 Å². The highest BCUT2D eigenvalue weighted by molar-refractivity contribution is 7.89. The number of benzene rings is 2. The third-order valence-electron chi connectivity index (χ3n) is 5.25. The first kappa shape index (κ1) is 22.5. The van der Waals surface area contributed by atoms with Crippen LogP contribution in [0.3, 0.4) is 0 Å². The van der Waals surface area contributed by atoms with E-state index in [1.54, 1.807) is 30.3 Å². The second-order valence-electron chi connectivity index (χ2n) is 7.64. The van der Waals surface area contributed by atoms with Crippen molar-refractivity contribution < 1.29 is 13.2 Å². The number of anilines is 1. The first-order chi connectivity index (χ1) is 14.7. The van der Waals surface area contributed by atoms with Crippen molar-refractivity contribution in [3.8, 4) is 6.07 Å². The molecule has 1 saturated heterocycles. The lowest BCUT2D eigenvalue weighted by Gasteiger charge is -2.33. The molecule has 0 saturated carbocycles. The summed E-state index contributed by atoms with van der Waals surface area (Å²) >= 11 is 0. The second-order valence-corrected chi connectivity index (χ2v) is 9.57. The molecule has 8 heteroatoms. The molecular weight excluding hydrogens is 412 g/mol. The molecule has 1 aliphatic rings. The van der Waals surface area contributed by atoms with E-state index in [-0.39, 0.29) is 23.6 Å². The van der Waals surface area contributed by atoms with Crippen LogP contribution in [0, 0.1) is 32.1 Å². The number of nitrogens with zero attached hydrogens (tertiary/aromatic N) is 3. The van der Waals surface area contributed by atoms with Gasteiger partial charge in [0.15, 0.2) is 0 Å². The van der Waals surface area contributed by atoms with E-state index >= 15 is 0 Å². The molecule has 2 aromatic rings. The van der Waals surface area contributed by atoms with Crippen molar-refractivity contribution in [3.05, 3.63) is 70.9 Å². The van der Waals surface area contributed by atoms with Gasteiger partial charge in [-0.3, -0.25) is 4.79 Å². The van der Waals surface area contributed by atoms with Crippen LogP contribution in [0.5, 0.6) is 0 Å². The van der Waals surface area contributed by atoms with Gasteiger partial charge in [0.2, 0.25) is 10.0 Å². The smallest absolute Gasteiger partial charge is 0.267 e. The van der Waals surface area contributed by atoms with Gasteiger partial charge in [-0.05, 0) is 44.0 Å². The number of sulfonamides is 1. The summed E-state index contributed by atoms with van der Waals surface area (Å²) in [6, 6.07) is 14.2. The predicted molar refractivity (Wildman–Crippen MR) is 120 cm³/mol. The quantitative estimate of drug-likeness (QED) is 0.572. The third-order valence-corrected chi connectivity index (χ3v) is 7.16. The summed E-state index contributed by atoms with van der Waals surface area (Å²) in [5.41, 5.74) is 3.66. The number of carbonyl (C=O) groups is 1. The van der Waals surface area contributed by atoms with E-state index < -0.39 is 15.9 Å². The van der Waals surface area contributed by atoms with Crippen molar-refractivity contribution in [2.45, 2.75) is 25.7 Å². The number of amides is 1. The van der Waals surface area contributed by atoms with Gasteiger partial charge in [-0.15, -0.1) is 0 Å². The summed E-state index contributed by atoms with van der Waals surface area (Å²) in [6.07, 6.45) is 1.51.